The maximum atomic E-state index is 12.8. The van der Waals surface area contributed by atoms with Crippen molar-refractivity contribution in [2.24, 2.45) is 4.99 Å². The molecule has 2 rings (SSSR count). The second-order valence-electron chi connectivity index (χ2n) is 4.98. The Kier molecular flexibility index (Phi) is 5.93. The Morgan fingerprint density at radius 2 is 2.00 bits per heavy atom. The largest absolute Gasteiger partial charge is 0.326 e. The summed E-state index contributed by atoms with van der Waals surface area (Å²) in [6, 6.07) is 6.82. The molecule has 0 aliphatic rings. The molecule has 0 spiro atoms. The highest BCUT2D eigenvalue weighted by atomic mass is 32.1. The van der Waals surface area contributed by atoms with Gasteiger partial charge in [0, 0.05) is 18.2 Å². The third kappa shape index (κ3) is 4.20. The molecule has 6 heteroatoms. The molecule has 1 aromatic carbocycles. The van der Waals surface area contributed by atoms with Gasteiger partial charge in [0.2, 0.25) is 5.91 Å². The summed E-state index contributed by atoms with van der Waals surface area (Å²) in [5.74, 6) is -0.238. The first-order valence-electron chi connectivity index (χ1n) is 7.17. The molecule has 1 heterocycles. The molecule has 1 amide bonds. The van der Waals surface area contributed by atoms with Gasteiger partial charge in [0.1, 0.15) is 5.00 Å². The first kappa shape index (κ1) is 17.2. The van der Waals surface area contributed by atoms with Crippen molar-refractivity contribution in [3.63, 3.8) is 0 Å². The van der Waals surface area contributed by atoms with Gasteiger partial charge in [-0.15, -0.1) is 11.3 Å². The molecule has 0 saturated carbocycles. The smallest absolute Gasteiger partial charge is 0.221 e. The Morgan fingerprint density at radius 3 is 2.57 bits per heavy atom. The number of aliphatic imine (C=N–C) groups is 1. The first-order valence-corrected chi connectivity index (χ1v) is 8.46. The number of nitrogens with zero attached hydrogens (tertiary/aromatic N) is 1. The number of anilines is 1. The number of ketones is 1. The predicted molar refractivity (Wildman–Crippen MR) is 97.2 cm³/mol. The molecular weight excluding hydrogens is 328 g/mol. The number of hydrogen-bond donors (Lipinski definition) is 1. The first-order chi connectivity index (χ1) is 11.1. The molecule has 0 saturated heterocycles. The summed E-state index contributed by atoms with van der Waals surface area (Å²) < 4.78 is 0. The van der Waals surface area contributed by atoms with Crippen LogP contribution in [0.4, 0.5) is 10.7 Å². The lowest BCUT2D eigenvalue weighted by molar-refractivity contribution is -0.114. The molecule has 118 valence electrons. The Bertz CT molecular complexity index is 772. The number of carbonyl (C=O) groups is 2. The van der Waals surface area contributed by atoms with Crippen molar-refractivity contribution in [2.75, 3.05) is 5.32 Å². The lowest BCUT2D eigenvalue weighted by Crippen LogP contribution is -2.07. The number of benzene rings is 1. The number of isothiocyanates is 1. The van der Waals surface area contributed by atoms with E-state index in [1.165, 1.54) is 18.3 Å². The van der Waals surface area contributed by atoms with Crippen LogP contribution in [0.1, 0.15) is 41.8 Å². The van der Waals surface area contributed by atoms with Crippen LogP contribution in [-0.4, -0.2) is 16.9 Å². The van der Waals surface area contributed by atoms with E-state index in [9.17, 15) is 9.59 Å². The molecule has 0 atom stereocenters. The van der Waals surface area contributed by atoms with Crippen LogP contribution < -0.4 is 5.32 Å². The molecule has 2 aromatic rings. The monoisotopic (exact) mass is 344 g/mol. The molecule has 0 fully saturated rings. The van der Waals surface area contributed by atoms with Crippen molar-refractivity contribution in [1.29, 1.82) is 0 Å². The molecular formula is C17H16N2O2S2. The Balaban J connectivity index is 2.37. The molecule has 0 radical (unpaired) electrons. The van der Waals surface area contributed by atoms with Crippen molar-refractivity contribution in [1.82, 2.24) is 0 Å². The number of hydrogen-bond acceptors (Lipinski definition) is 5. The lowest BCUT2D eigenvalue weighted by atomic mass is 9.99. The second-order valence-corrected chi connectivity index (χ2v) is 6.02. The van der Waals surface area contributed by atoms with Gasteiger partial charge < -0.3 is 5.32 Å². The van der Waals surface area contributed by atoms with Crippen LogP contribution in [0.15, 0.2) is 34.6 Å². The summed E-state index contributed by atoms with van der Waals surface area (Å²) in [5, 5.41) is 7.56. The fourth-order valence-corrected chi connectivity index (χ4v) is 3.33. The van der Waals surface area contributed by atoms with Crippen LogP contribution in [0.2, 0.25) is 0 Å². The van der Waals surface area contributed by atoms with Gasteiger partial charge in [0.15, 0.2) is 5.78 Å². The highest BCUT2D eigenvalue weighted by Crippen LogP contribution is 2.33. The van der Waals surface area contributed by atoms with E-state index in [0.29, 0.717) is 21.8 Å². The van der Waals surface area contributed by atoms with E-state index < -0.39 is 0 Å². The highest BCUT2D eigenvalue weighted by Gasteiger charge is 2.20. The van der Waals surface area contributed by atoms with E-state index in [-0.39, 0.29) is 11.7 Å². The van der Waals surface area contributed by atoms with Crippen LogP contribution in [0.5, 0.6) is 0 Å². The maximum absolute atomic E-state index is 12.8. The average molecular weight is 344 g/mol. The second kappa shape index (κ2) is 7.92. The van der Waals surface area contributed by atoms with Gasteiger partial charge in [-0.05, 0) is 53.8 Å². The fraction of sp³-hybridized carbons (Fsp3) is 0.235. The molecule has 0 aliphatic heterocycles. The molecule has 0 bridgehead atoms. The number of rotatable bonds is 6. The number of carbonyl (C=O) groups excluding carboxylic acids is 2. The van der Waals surface area contributed by atoms with Crippen LogP contribution >= 0.6 is 23.6 Å². The van der Waals surface area contributed by atoms with Gasteiger partial charge in [0.25, 0.3) is 0 Å². The minimum atomic E-state index is -0.148. The van der Waals surface area contributed by atoms with Gasteiger partial charge in [0.05, 0.1) is 10.7 Å². The fourth-order valence-electron chi connectivity index (χ4n) is 2.25. The maximum Gasteiger partial charge on any atom is 0.221 e. The van der Waals surface area contributed by atoms with E-state index in [0.717, 1.165) is 18.4 Å². The SMILES string of the molecule is CCCc1csc(N=C=S)c1C(=O)c1ccc(NC(C)=O)cc1. The van der Waals surface area contributed by atoms with E-state index >= 15 is 0 Å². The number of thiocarbonyl (C=S) groups is 1. The standard InChI is InChI=1S/C17H16N2O2S2/c1-3-4-13-9-23-17(18-10-22)15(13)16(21)12-5-7-14(8-6-12)19-11(2)20/h5-9H,3-4H2,1-2H3,(H,19,20). The molecule has 0 aliphatic carbocycles. The minimum absolute atomic E-state index is 0.0897. The van der Waals surface area contributed by atoms with Gasteiger partial charge >= 0.3 is 0 Å². The van der Waals surface area contributed by atoms with E-state index in [1.807, 2.05) is 5.38 Å². The highest BCUT2D eigenvalue weighted by molar-refractivity contribution is 7.78. The zero-order valence-electron chi connectivity index (χ0n) is 12.9. The van der Waals surface area contributed by atoms with E-state index in [1.54, 1.807) is 24.3 Å². The molecule has 0 unspecified atom stereocenters. The van der Waals surface area contributed by atoms with Gasteiger partial charge in [-0.2, -0.15) is 4.99 Å². The Hall–Kier alpha value is -2.14. The summed E-state index contributed by atoms with van der Waals surface area (Å²) in [4.78, 5) is 27.9. The van der Waals surface area contributed by atoms with Crippen molar-refractivity contribution >= 4 is 51.1 Å². The molecule has 23 heavy (non-hydrogen) atoms. The van der Waals surface area contributed by atoms with Crippen molar-refractivity contribution < 1.29 is 9.59 Å². The Morgan fingerprint density at radius 1 is 1.30 bits per heavy atom. The summed E-state index contributed by atoms with van der Waals surface area (Å²) in [6.45, 7) is 3.51. The van der Waals surface area contributed by atoms with Crippen molar-refractivity contribution in [3.8, 4) is 0 Å². The summed E-state index contributed by atoms with van der Waals surface area (Å²) in [5.41, 5.74) is 2.79. The Labute approximate surface area is 144 Å². The molecule has 1 N–H and O–H groups in total. The van der Waals surface area contributed by atoms with Crippen LogP contribution in [0.3, 0.4) is 0 Å². The van der Waals surface area contributed by atoms with Crippen LogP contribution in [-0.2, 0) is 11.2 Å². The third-order valence-electron chi connectivity index (χ3n) is 3.21. The third-order valence-corrected chi connectivity index (χ3v) is 4.22. The summed E-state index contributed by atoms with van der Waals surface area (Å²) in [6.07, 6.45) is 1.76. The topological polar surface area (TPSA) is 58.5 Å². The van der Waals surface area contributed by atoms with Crippen molar-refractivity contribution in [2.45, 2.75) is 26.7 Å². The van der Waals surface area contributed by atoms with Crippen LogP contribution in [0, 0.1) is 0 Å². The van der Waals surface area contributed by atoms with Gasteiger partial charge in [-0.3, -0.25) is 9.59 Å². The van der Waals surface area contributed by atoms with E-state index in [2.05, 4.69) is 34.6 Å². The normalized spacial score (nSPS) is 10.0. The number of thiophene rings is 1. The van der Waals surface area contributed by atoms with Gasteiger partial charge in [-0.25, -0.2) is 0 Å². The quantitative estimate of drug-likeness (QED) is 0.472. The molecule has 1 aromatic heterocycles. The summed E-state index contributed by atoms with van der Waals surface area (Å²) in [7, 11) is 0. The number of nitrogens with one attached hydrogen (secondary N) is 1. The van der Waals surface area contributed by atoms with Crippen molar-refractivity contribution in [3.05, 3.63) is 46.3 Å². The minimum Gasteiger partial charge on any atom is -0.326 e. The van der Waals surface area contributed by atoms with Gasteiger partial charge in [-0.1, -0.05) is 13.3 Å². The molecule has 4 nitrogen and oxygen atoms in total. The lowest BCUT2D eigenvalue weighted by Gasteiger charge is -2.06. The average Bonchev–Trinajstić information content (AvgIpc) is 2.90. The summed E-state index contributed by atoms with van der Waals surface area (Å²) >= 11 is 6.07. The zero-order valence-corrected chi connectivity index (χ0v) is 14.5. The number of aryl methyl sites for hydroxylation is 1. The van der Waals surface area contributed by atoms with E-state index in [4.69, 9.17) is 0 Å². The number of amides is 1. The van der Waals surface area contributed by atoms with Crippen LogP contribution in [0.25, 0.3) is 0 Å². The zero-order chi connectivity index (χ0) is 16.8. The predicted octanol–water partition coefficient (Wildman–Crippen LogP) is 4.62.